The van der Waals surface area contributed by atoms with Crippen molar-refractivity contribution in [3.05, 3.63) is 70.6 Å². The van der Waals surface area contributed by atoms with Crippen molar-refractivity contribution in [3.8, 4) is 5.75 Å². The van der Waals surface area contributed by atoms with Gasteiger partial charge in [-0.05, 0) is 48.6 Å². The Hall–Kier alpha value is -2.64. The molecule has 2 amide bonds. The molecule has 1 aliphatic heterocycles. The quantitative estimate of drug-likeness (QED) is 0.291. The van der Waals surface area contributed by atoms with Crippen molar-refractivity contribution in [3.63, 3.8) is 0 Å². The first-order valence-corrected chi connectivity index (χ1v) is 12.0. The zero-order chi connectivity index (χ0) is 22.8. The number of hydrogen-bond acceptors (Lipinski definition) is 5. The number of benzene rings is 2. The fraction of sp³-hybridized carbons (Fsp3) is 0.320. The molecule has 1 heterocycles. The third-order valence-electron chi connectivity index (χ3n) is 5.15. The van der Waals surface area contributed by atoms with Gasteiger partial charge in [-0.3, -0.25) is 14.5 Å². The molecule has 168 valence electrons. The van der Waals surface area contributed by atoms with Crippen LogP contribution in [0.1, 0.15) is 36.8 Å². The number of rotatable bonds is 11. The van der Waals surface area contributed by atoms with E-state index in [2.05, 4.69) is 17.4 Å². The van der Waals surface area contributed by atoms with Gasteiger partial charge in [0.2, 0.25) is 5.91 Å². The van der Waals surface area contributed by atoms with Crippen LogP contribution in [0.5, 0.6) is 5.75 Å². The molecule has 5 nitrogen and oxygen atoms in total. The SMILES string of the molecule is COc1ccc(C=C2SC(=S)N(CCCCCC(=O)NCCc3ccccc3)C2=O)cc1. The summed E-state index contributed by atoms with van der Waals surface area (Å²) in [5.74, 6) is 0.808. The van der Waals surface area contributed by atoms with E-state index in [1.807, 2.05) is 48.5 Å². The van der Waals surface area contributed by atoms with Gasteiger partial charge in [-0.2, -0.15) is 0 Å². The summed E-state index contributed by atoms with van der Waals surface area (Å²) in [6, 6.07) is 17.7. The monoisotopic (exact) mass is 468 g/mol. The minimum Gasteiger partial charge on any atom is -0.497 e. The van der Waals surface area contributed by atoms with Crippen LogP contribution in [0.15, 0.2) is 59.5 Å². The van der Waals surface area contributed by atoms with Gasteiger partial charge in [0.25, 0.3) is 5.91 Å². The van der Waals surface area contributed by atoms with Crippen LogP contribution in [0.3, 0.4) is 0 Å². The van der Waals surface area contributed by atoms with Gasteiger partial charge in [0.1, 0.15) is 10.1 Å². The van der Waals surface area contributed by atoms with E-state index in [4.69, 9.17) is 17.0 Å². The van der Waals surface area contributed by atoms with Crippen molar-refractivity contribution in [1.29, 1.82) is 0 Å². The van der Waals surface area contributed by atoms with Crippen LogP contribution in [0, 0.1) is 0 Å². The van der Waals surface area contributed by atoms with Gasteiger partial charge < -0.3 is 10.1 Å². The van der Waals surface area contributed by atoms with E-state index >= 15 is 0 Å². The van der Waals surface area contributed by atoms with Crippen LogP contribution in [0.25, 0.3) is 6.08 Å². The van der Waals surface area contributed by atoms with Crippen LogP contribution < -0.4 is 10.1 Å². The molecule has 32 heavy (non-hydrogen) atoms. The summed E-state index contributed by atoms with van der Waals surface area (Å²) in [5.41, 5.74) is 2.15. The van der Waals surface area contributed by atoms with Gasteiger partial charge in [0, 0.05) is 19.5 Å². The first-order chi connectivity index (χ1) is 15.6. The summed E-state index contributed by atoms with van der Waals surface area (Å²) in [7, 11) is 1.62. The topological polar surface area (TPSA) is 58.6 Å². The first kappa shape index (κ1) is 24.0. The molecule has 0 unspecified atom stereocenters. The van der Waals surface area contributed by atoms with Crippen LogP contribution in [-0.2, 0) is 16.0 Å². The van der Waals surface area contributed by atoms with Gasteiger partial charge in [-0.25, -0.2) is 0 Å². The minimum absolute atomic E-state index is 0.0468. The molecule has 1 aliphatic rings. The average Bonchev–Trinajstić information content (AvgIpc) is 3.07. The molecule has 0 spiro atoms. The highest BCUT2D eigenvalue weighted by atomic mass is 32.2. The van der Waals surface area contributed by atoms with E-state index < -0.39 is 0 Å². The number of nitrogens with one attached hydrogen (secondary N) is 1. The Morgan fingerprint density at radius 2 is 1.84 bits per heavy atom. The highest BCUT2D eigenvalue weighted by Crippen LogP contribution is 2.33. The van der Waals surface area contributed by atoms with E-state index in [9.17, 15) is 9.59 Å². The lowest BCUT2D eigenvalue weighted by Gasteiger charge is -2.14. The third-order valence-corrected chi connectivity index (χ3v) is 6.53. The third kappa shape index (κ3) is 7.21. The lowest BCUT2D eigenvalue weighted by molar-refractivity contribution is -0.122. The second kappa shape index (κ2) is 12.4. The second-order valence-electron chi connectivity index (χ2n) is 7.50. The summed E-state index contributed by atoms with van der Waals surface area (Å²) in [6.45, 7) is 1.24. The fourth-order valence-corrected chi connectivity index (χ4v) is 4.66. The molecule has 2 aromatic carbocycles. The van der Waals surface area contributed by atoms with Crippen LogP contribution in [0.2, 0.25) is 0 Å². The molecule has 2 aromatic rings. The Morgan fingerprint density at radius 1 is 1.09 bits per heavy atom. The Balaban J connectivity index is 1.34. The summed E-state index contributed by atoms with van der Waals surface area (Å²) in [4.78, 5) is 27.0. The summed E-state index contributed by atoms with van der Waals surface area (Å²) < 4.78 is 5.76. The maximum absolute atomic E-state index is 12.7. The number of hydrogen-bond donors (Lipinski definition) is 1. The number of amides is 2. The average molecular weight is 469 g/mol. The molecule has 0 aromatic heterocycles. The van der Waals surface area contributed by atoms with Crippen LogP contribution >= 0.6 is 24.0 Å². The fourth-order valence-electron chi connectivity index (χ4n) is 3.36. The van der Waals surface area contributed by atoms with Gasteiger partial charge in [0.05, 0.1) is 12.0 Å². The zero-order valence-corrected chi connectivity index (χ0v) is 19.8. The molecule has 0 saturated carbocycles. The highest BCUT2D eigenvalue weighted by molar-refractivity contribution is 8.26. The molecule has 1 saturated heterocycles. The lowest BCUT2D eigenvalue weighted by Crippen LogP contribution is -2.29. The predicted molar refractivity (Wildman–Crippen MR) is 134 cm³/mol. The molecule has 0 radical (unpaired) electrons. The maximum atomic E-state index is 12.7. The zero-order valence-electron chi connectivity index (χ0n) is 18.2. The van der Waals surface area contributed by atoms with Crippen molar-refractivity contribution in [2.45, 2.75) is 32.1 Å². The van der Waals surface area contributed by atoms with Crippen molar-refractivity contribution >= 4 is 46.2 Å². The van der Waals surface area contributed by atoms with E-state index in [1.165, 1.54) is 17.3 Å². The lowest BCUT2D eigenvalue weighted by atomic mass is 10.1. The molecular weight excluding hydrogens is 440 g/mol. The number of methoxy groups -OCH3 is 1. The molecular formula is C25H28N2O3S2. The van der Waals surface area contributed by atoms with Crippen LogP contribution in [-0.4, -0.2) is 41.2 Å². The van der Waals surface area contributed by atoms with Gasteiger partial charge >= 0.3 is 0 Å². The number of thiocarbonyl (C=S) groups is 1. The number of nitrogens with zero attached hydrogens (tertiary/aromatic N) is 1. The van der Waals surface area contributed by atoms with Crippen LogP contribution in [0.4, 0.5) is 0 Å². The number of unbranched alkanes of at least 4 members (excludes halogenated alkanes) is 2. The van der Waals surface area contributed by atoms with E-state index in [0.29, 0.717) is 28.7 Å². The molecule has 1 N–H and O–H groups in total. The molecule has 1 fully saturated rings. The van der Waals surface area contributed by atoms with Gasteiger partial charge in [0.15, 0.2) is 0 Å². The molecule has 3 rings (SSSR count). The number of carbonyl (C=O) groups is 2. The van der Waals surface area contributed by atoms with Crippen molar-refractivity contribution < 1.29 is 14.3 Å². The first-order valence-electron chi connectivity index (χ1n) is 10.8. The Bertz CT molecular complexity index is 959. The summed E-state index contributed by atoms with van der Waals surface area (Å²) >= 11 is 6.74. The number of thioether (sulfide) groups is 1. The highest BCUT2D eigenvalue weighted by Gasteiger charge is 2.31. The van der Waals surface area contributed by atoms with E-state index in [-0.39, 0.29) is 11.8 Å². The van der Waals surface area contributed by atoms with Crippen molar-refractivity contribution in [2.75, 3.05) is 20.2 Å². The maximum Gasteiger partial charge on any atom is 0.266 e. The number of ether oxygens (including phenoxy) is 1. The largest absolute Gasteiger partial charge is 0.497 e. The van der Waals surface area contributed by atoms with Gasteiger partial charge in [-0.1, -0.05) is 72.9 Å². The molecule has 0 bridgehead atoms. The standard InChI is InChI=1S/C25H28N2O3S2/c1-30-21-13-11-20(12-14-21)18-22-24(29)27(25(31)32-22)17-7-3-6-10-23(28)26-16-15-19-8-4-2-5-9-19/h2,4-5,8-9,11-14,18H,3,6-7,10,15-17H2,1H3,(H,26,28). The smallest absolute Gasteiger partial charge is 0.266 e. The molecule has 0 aliphatic carbocycles. The summed E-state index contributed by atoms with van der Waals surface area (Å²) in [5, 5.41) is 2.97. The minimum atomic E-state index is -0.0468. The predicted octanol–water partition coefficient (Wildman–Crippen LogP) is 4.82. The van der Waals surface area contributed by atoms with E-state index in [1.54, 1.807) is 12.0 Å². The normalized spacial score (nSPS) is 14.8. The summed E-state index contributed by atoms with van der Waals surface area (Å²) in [6.07, 6.45) is 5.70. The van der Waals surface area contributed by atoms with Crippen molar-refractivity contribution in [1.82, 2.24) is 10.2 Å². The van der Waals surface area contributed by atoms with Gasteiger partial charge in [-0.15, -0.1) is 0 Å². The molecule has 7 heteroatoms. The Labute approximate surface area is 199 Å². The Morgan fingerprint density at radius 3 is 2.56 bits per heavy atom. The van der Waals surface area contributed by atoms with E-state index in [0.717, 1.165) is 37.0 Å². The van der Waals surface area contributed by atoms with Crippen molar-refractivity contribution in [2.24, 2.45) is 0 Å². The second-order valence-corrected chi connectivity index (χ2v) is 9.18. The number of carbonyl (C=O) groups excluding carboxylic acids is 2. The Kier molecular flexibility index (Phi) is 9.31. The molecule has 0 atom stereocenters.